The van der Waals surface area contributed by atoms with Gasteiger partial charge in [0.05, 0.1) is 11.8 Å². The van der Waals surface area contributed by atoms with E-state index in [1.54, 1.807) is 4.90 Å². The molecule has 288 valence electrons. The Balaban J connectivity index is 1.07. The van der Waals surface area contributed by atoms with Crippen molar-refractivity contribution in [3.05, 3.63) is 68.0 Å². The van der Waals surface area contributed by atoms with Crippen LogP contribution in [0.2, 0.25) is 0 Å². The minimum Gasteiger partial charge on any atom is -0.444 e. The molecule has 4 fully saturated rings. The third-order valence-electron chi connectivity index (χ3n) is 11.9. The number of hydrogen-bond acceptors (Lipinski definition) is 11. The molecule has 2 aromatic rings. The molecule has 2 saturated heterocycles. The third kappa shape index (κ3) is 6.88. The molecule has 2 aliphatic carbocycles. The van der Waals surface area contributed by atoms with Crippen LogP contribution < -0.4 is 31.1 Å². The van der Waals surface area contributed by atoms with E-state index in [9.17, 15) is 37.2 Å². The van der Waals surface area contributed by atoms with Crippen LogP contribution in [0.5, 0.6) is 0 Å². The van der Waals surface area contributed by atoms with E-state index in [4.69, 9.17) is 4.74 Å². The number of anilines is 2. The van der Waals surface area contributed by atoms with Crippen molar-refractivity contribution in [2.45, 2.75) is 106 Å². The van der Waals surface area contributed by atoms with Crippen LogP contribution in [0, 0.1) is 5.92 Å². The standard InChI is InChI=1S/C38H46N6O9S/c45-32-30(31(33(32)46)42-16-8-17-42)39-28-12-5-3-1-2-4-11-25-20-38(25,36(49)41-54(51,52)27-13-14-27)40-34(47)29-19-26(22-44(29)35(28)48)53-37(50)43-18-15-23-9-6-7-10-24(23)21-43/h4,6-7,9-11,25-29,39H,1-3,5,8,12-22H2,(H,40,47)(H,41,49)/b11-4-/t25-,26?,28+,29+,38-/m1/s1. The zero-order valence-corrected chi connectivity index (χ0v) is 30.9. The lowest BCUT2D eigenvalue weighted by atomic mass is 10.0. The van der Waals surface area contributed by atoms with Crippen LogP contribution in [0.15, 0.2) is 46.0 Å². The number of amides is 4. The Bertz CT molecular complexity index is 2070. The Morgan fingerprint density at radius 1 is 0.926 bits per heavy atom. The maximum atomic E-state index is 14.6. The SMILES string of the molecule is O=C1N[C@]2(C(=O)NS(=O)(=O)C3CC3)C[C@H]2/C=C\CCCCC[C@H](Nc2c(N3CCC3)c(=O)c2=O)C(=O)N2CC(OC(=O)N3CCc4ccccc4C3)C[C@@H]12. The molecule has 0 radical (unpaired) electrons. The number of fused-ring (bicyclic) bond motifs is 3. The van der Waals surface area contributed by atoms with Crippen molar-refractivity contribution in [2.24, 2.45) is 5.92 Å². The van der Waals surface area contributed by atoms with Crippen LogP contribution >= 0.6 is 0 Å². The largest absolute Gasteiger partial charge is 0.444 e. The first-order valence-electron chi connectivity index (χ1n) is 19.2. The van der Waals surface area contributed by atoms with Crippen molar-refractivity contribution >= 4 is 45.2 Å². The summed E-state index contributed by atoms with van der Waals surface area (Å²) in [7, 11) is -3.91. The van der Waals surface area contributed by atoms with Gasteiger partial charge in [0.2, 0.25) is 21.8 Å². The van der Waals surface area contributed by atoms with Gasteiger partial charge in [0.15, 0.2) is 0 Å². The number of carbonyl (C=O) groups is 4. The average molecular weight is 763 g/mol. The molecule has 4 amide bonds. The fraction of sp³-hybridized carbons (Fsp3) is 0.579. The lowest BCUT2D eigenvalue weighted by molar-refractivity contribution is -0.140. The molecule has 4 aliphatic heterocycles. The van der Waals surface area contributed by atoms with Crippen LogP contribution in [-0.4, -0.2) is 97.2 Å². The average Bonchev–Trinajstić information content (AvgIpc) is 4.07. The Morgan fingerprint density at radius 2 is 1.70 bits per heavy atom. The van der Waals surface area contributed by atoms with Crippen molar-refractivity contribution in [3.63, 3.8) is 0 Å². The van der Waals surface area contributed by atoms with Gasteiger partial charge in [-0.1, -0.05) is 49.3 Å². The van der Waals surface area contributed by atoms with E-state index in [0.29, 0.717) is 64.7 Å². The second kappa shape index (κ2) is 14.2. The van der Waals surface area contributed by atoms with Crippen molar-refractivity contribution < 1.29 is 32.3 Å². The molecule has 0 bridgehead atoms. The topological polar surface area (TPSA) is 192 Å². The summed E-state index contributed by atoms with van der Waals surface area (Å²) >= 11 is 0. The first-order valence-corrected chi connectivity index (χ1v) is 20.7. The Labute approximate surface area is 313 Å². The van der Waals surface area contributed by atoms with Crippen LogP contribution in [0.25, 0.3) is 0 Å². The van der Waals surface area contributed by atoms with Crippen LogP contribution in [0.3, 0.4) is 0 Å². The predicted molar refractivity (Wildman–Crippen MR) is 198 cm³/mol. The van der Waals surface area contributed by atoms with Gasteiger partial charge >= 0.3 is 6.09 Å². The molecule has 0 aromatic heterocycles. The molecule has 15 nitrogen and oxygen atoms in total. The predicted octanol–water partition coefficient (Wildman–Crippen LogP) is 1.44. The number of ether oxygens (including phenoxy) is 1. The summed E-state index contributed by atoms with van der Waals surface area (Å²) in [6.07, 6.45) is 8.05. The minimum atomic E-state index is -3.91. The fourth-order valence-electron chi connectivity index (χ4n) is 8.25. The first kappa shape index (κ1) is 36.3. The molecule has 3 N–H and O–H groups in total. The van der Waals surface area contributed by atoms with Crippen LogP contribution in [0.4, 0.5) is 16.2 Å². The summed E-state index contributed by atoms with van der Waals surface area (Å²) in [6, 6.07) is 5.71. The van der Waals surface area contributed by atoms with Crippen molar-refractivity contribution in [3.8, 4) is 0 Å². The van der Waals surface area contributed by atoms with Crippen LogP contribution in [-0.2, 0) is 42.1 Å². The summed E-state index contributed by atoms with van der Waals surface area (Å²) in [6.45, 7) is 1.95. The zero-order valence-electron chi connectivity index (χ0n) is 30.1. The number of sulfonamides is 1. The van der Waals surface area contributed by atoms with Gasteiger partial charge < -0.3 is 30.1 Å². The normalized spacial score (nSPS) is 29.4. The molecule has 0 spiro atoms. The molecule has 54 heavy (non-hydrogen) atoms. The van der Waals surface area contributed by atoms with Crippen molar-refractivity contribution in [1.29, 1.82) is 0 Å². The Hall–Kier alpha value is -4.73. The molecule has 8 rings (SSSR count). The van der Waals surface area contributed by atoms with Gasteiger partial charge in [-0.05, 0) is 62.5 Å². The summed E-state index contributed by atoms with van der Waals surface area (Å²) in [5.74, 6) is -2.44. The summed E-state index contributed by atoms with van der Waals surface area (Å²) in [4.78, 5) is 86.3. The second-order valence-electron chi connectivity index (χ2n) is 15.6. The van der Waals surface area contributed by atoms with E-state index in [-0.39, 0.29) is 30.8 Å². The quantitative estimate of drug-likeness (QED) is 0.273. The molecule has 5 atom stereocenters. The number of nitrogens with one attached hydrogen (secondary N) is 3. The van der Waals surface area contributed by atoms with Crippen molar-refractivity contribution in [1.82, 2.24) is 19.8 Å². The smallest absolute Gasteiger partial charge is 0.410 e. The number of nitrogens with zero attached hydrogens (tertiary/aromatic N) is 3. The summed E-state index contributed by atoms with van der Waals surface area (Å²) < 4.78 is 33.8. The molecule has 1 unspecified atom stereocenters. The number of rotatable bonds is 7. The van der Waals surface area contributed by atoms with E-state index >= 15 is 0 Å². The van der Waals surface area contributed by atoms with Gasteiger partial charge in [0, 0.05) is 38.5 Å². The lowest BCUT2D eigenvalue weighted by Gasteiger charge is -2.36. The van der Waals surface area contributed by atoms with Gasteiger partial charge in [-0.25, -0.2) is 13.2 Å². The molecule has 4 heterocycles. The van der Waals surface area contributed by atoms with Gasteiger partial charge in [-0.3, -0.25) is 28.7 Å². The van der Waals surface area contributed by atoms with E-state index in [2.05, 4.69) is 15.4 Å². The summed E-state index contributed by atoms with van der Waals surface area (Å²) in [5, 5.41) is 5.29. The van der Waals surface area contributed by atoms with E-state index in [1.807, 2.05) is 41.3 Å². The molecule has 2 aromatic carbocycles. The minimum absolute atomic E-state index is 0.0574. The fourth-order valence-corrected chi connectivity index (χ4v) is 9.61. The van der Waals surface area contributed by atoms with Crippen LogP contribution in [0.1, 0.15) is 75.3 Å². The van der Waals surface area contributed by atoms with Gasteiger partial charge in [-0.15, -0.1) is 0 Å². The maximum Gasteiger partial charge on any atom is 0.410 e. The Morgan fingerprint density at radius 3 is 2.44 bits per heavy atom. The number of carbonyl (C=O) groups excluding carboxylic acids is 4. The molecular weight excluding hydrogens is 717 g/mol. The van der Waals surface area contributed by atoms with Crippen molar-refractivity contribution in [2.75, 3.05) is 36.4 Å². The summed E-state index contributed by atoms with van der Waals surface area (Å²) in [5.41, 5.74) is -0.270. The van der Waals surface area contributed by atoms with Gasteiger partial charge in [0.25, 0.3) is 16.8 Å². The first-order chi connectivity index (χ1) is 25.9. The zero-order chi connectivity index (χ0) is 37.8. The van der Waals surface area contributed by atoms with Gasteiger partial charge in [-0.2, -0.15) is 0 Å². The maximum absolute atomic E-state index is 14.6. The highest BCUT2D eigenvalue weighted by molar-refractivity contribution is 7.91. The molecular formula is C38H46N6O9S. The lowest BCUT2D eigenvalue weighted by Crippen LogP contribution is -2.58. The number of benzene rings is 1. The van der Waals surface area contributed by atoms with E-state index in [1.165, 1.54) is 4.90 Å². The van der Waals surface area contributed by atoms with E-state index in [0.717, 1.165) is 30.4 Å². The monoisotopic (exact) mass is 762 g/mol. The number of hydrogen-bond donors (Lipinski definition) is 3. The number of allylic oxidation sites excluding steroid dienone is 1. The molecule has 6 aliphatic rings. The second-order valence-corrected chi connectivity index (χ2v) is 17.6. The highest BCUT2D eigenvalue weighted by Gasteiger charge is 2.62. The third-order valence-corrected chi connectivity index (χ3v) is 13.7. The highest BCUT2D eigenvalue weighted by atomic mass is 32.2. The van der Waals surface area contributed by atoms with Gasteiger partial charge in [0.1, 0.15) is 35.1 Å². The Kier molecular flexibility index (Phi) is 9.51. The molecule has 16 heteroatoms. The van der Waals surface area contributed by atoms with E-state index < -0.39 is 79.6 Å². The highest BCUT2D eigenvalue weighted by Crippen LogP contribution is 2.46. The molecule has 2 saturated carbocycles.